The molecule has 0 bridgehead atoms. The summed E-state index contributed by atoms with van der Waals surface area (Å²) in [5.74, 6) is 1.87. The van der Waals surface area contributed by atoms with Crippen LogP contribution < -0.4 is 21.3 Å². The van der Waals surface area contributed by atoms with Gasteiger partial charge in [0.25, 0.3) is 5.56 Å². The number of fused-ring (bicyclic) bond motifs is 6. The van der Waals surface area contributed by atoms with Crippen LogP contribution >= 0.6 is 22.9 Å². The Kier molecular flexibility index (Phi) is 5.05. The maximum Gasteiger partial charge on any atom is 0.328 e. The van der Waals surface area contributed by atoms with Crippen LogP contribution in [-0.2, 0) is 13.0 Å². The first-order chi connectivity index (χ1) is 16.0. The van der Waals surface area contributed by atoms with Gasteiger partial charge in [-0.05, 0) is 61.1 Å². The number of ether oxygens (including phenoxy) is 1. The monoisotopic (exact) mass is 482 g/mol. The number of thiophene rings is 1. The average Bonchev–Trinajstić information content (AvgIpc) is 3.40. The van der Waals surface area contributed by atoms with Crippen LogP contribution in [0.2, 0.25) is 5.15 Å². The summed E-state index contributed by atoms with van der Waals surface area (Å²) in [5, 5.41) is 3.99. The highest BCUT2D eigenvalue weighted by Crippen LogP contribution is 2.45. The molecule has 2 N–H and O–H groups in total. The smallest absolute Gasteiger partial charge is 0.328 e. The number of aromatic nitrogens is 3. The summed E-state index contributed by atoms with van der Waals surface area (Å²) in [5.41, 5.74) is 2.99. The van der Waals surface area contributed by atoms with E-state index in [1.165, 1.54) is 27.0 Å². The summed E-state index contributed by atoms with van der Waals surface area (Å²) < 4.78 is 8.26. The molecule has 9 heteroatoms. The van der Waals surface area contributed by atoms with Crippen LogP contribution in [0.15, 0.2) is 39.9 Å². The van der Waals surface area contributed by atoms with Crippen LogP contribution in [-0.4, -0.2) is 34.2 Å². The van der Waals surface area contributed by atoms with Crippen molar-refractivity contribution < 1.29 is 4.74 Å². The Morgan fingerprint density at radius 1 is 1.27 bits per heavy atom. The van der Waals surface area contributed by atoms with Crippen LogP contribution in [0.25, 0.3) is 20.4 Å². The maximum absolute atomic E-state index is 13.2. The second kappa shape index (κ2) is 7.97. The van der Waals surface area contributed by atoms with Crippen molar-refractivity contribution in [2.75, 3.05) is 13.7 Å². The number of aromatic amines is 1. The Hall–Kier alpha value is -2.68. The quantitative estimate of drug-likeness (QED) is 0.433. The number of nitrogens with zero attached hydrogens (tertiary/aromatic N) is 2. The summed E-state index contributed by atoms with van der Waals surface area (Å²) in [6, 6.07) is 10.0. The van der Waals surface area contributed by atoms with E-state index in [2.05, 4.69) is 27.4 Å². The van der Waals surface area contributed by atoms with Gasteiger partial charge in [-0.15, -0.1) is 11.3 Å². The fourth-order valence-electron chi connectivity index (χ4n) is 5.68. The number of pyridine rings is 1. The molecule has 1 aliphatic heterocycles. The molecule has 3 atom stereocenters. The fourth-order valence-corrected chi connectivity index (χ4v) is 6.88. The molecule has 4 aromatic rings. The zero-order valence-corrected chi connectivity index (χ0v) is 19.6. The van der Waals surface area contributed by atoms with E-state index in [4.69, 9.17) is 16.3 Å². The summed E-state index contributed by atoms with van der Waals surface area (Å²) in [7, 11) is 1.72. The maximum atomic E-state index is 13.2. The molecule has 33 heavy (non-hydrogen) atoms. The minimum atomic E-state index is -0.408. The molecule has 1 fully saturated rings. The molecular weight excluding hydrogens is 460 g/mol. The van der Waals surface area contributed by atoms with Gasteiger partial charge >= 0.3 is 5.69 Å². The lowest BCUT2D eigenvalue weighted by atomic mass is 9.73. The SMILES string of the molecule is COc1cccc2c1CC[C@H]1CNC(CCn3c(=O)[nH]c4c(sc5ccc(Cl)nc54)c3=O)[C@@H]21. The van der Waals surface area contributed by atoms with Gasteiger partial charge in [0.05, 0.1) is 17.3 Å². The van der Waals surface area contributed by atoms with E-state index in [9.17, 15) is 9.59 Å². The molecule has 0 spiro atoms. The van der Waals surface area contributed by atoms with E-state index in [0.29, 0.717) is 45.7 Å². The molecule has 7 nitrogen and oxygen atoms in total. The van der Waals surface area contributed by atoms with E-state index < -0.39 is 5.69 Å². The van der Waals surface area contributed by atoms with Crippen molar-refractivity contribution >= 4 is 43.4 Å². The van der Waals surface area contributed by atoms with Crippen molar-refractivity contribution in [3.8, 4) is 5.75 Å². The van der Waals surface area contributed by atoms with Gasteiger partial charge in [0.1, 0.15) is 21.1 Å². The minimum absolute atomic E-state index is 0.200. The van der Waals surface area contributed by atoms with Crippen molar-refractivity contribution in [3.63, 3.8) is 0 Å². The molecule has 1 unspecified atom stereocenters. The molecule has 0 radical (unpaired) electrons. The third-order valence-corrected chi connectivity index (χ3v) is 8.52. The number of halogens is 1. The van der Waals surface area contributed by atoms with Crippen LogP contribution in [0.4, 0.5) is 0 Å². The van der Waals surface area contributed by atoms with Crippen molar-refractivity contribution in [2.45, 2.75) is 37.8 Å². The Morgan fingerprint density at radius 2 is 2.15 bits per heavy atom. The summed E-state index contributed by atoms with van der Waals surface area (Å²) >= 11 is 7.36. The third kappa shape index (κ3) is 3.31. The first-order valence-electron chi connectivity index (χ1n) is 11.2. The molecule has 1 saturated heterocycles. The summed E-state index contributed by atoms with van der Waals surface area (Å²) in [6.45, 7) is 1.31. The predicted octanol–water partition coefficient (Wildman–Crippen LogP) is 3.67. The highest BCUT2D eigenvalue weighted by molar-refractivity contribution is 7.25. The Labute approximate surface area is 198 Å². The lowest BCUT2D eigenvalue weighted by molar-refractivity contribution is 0.371. The number of hydrogen-bond donors (Lipinski definition) is 2. The Bertz CT molecular complexity index is 1510. The van der Waals surface area contributed by atoms with Crippen LogP contribution in [0.1, 0.15) is 29.9 Å². The van der Waals surface area contributed by atoms with Gasteiger partial charge in [-0.3, -0.25) is 9.36 Å². The summed E-state index contributed by atoms with van der Waals surface area (Å²) in [4.78, 5) is 33.3. The fraction of sp³-hybridized carbons (Fsp3) is 0.375. The molecule has 0 amide bonds. The number of methoxy groups -OCH3 is 1. The minimum Gasteiger partial charge on any atom is -0.496 e. The predicted molar refractivity (Wildman–Crippen MR) is 131 cm³/mol. The van der Waals surface area contributed by atoms with Crippen LogP contribution in [0.3, 0.4) is 0 Å². The third-order valence-electron chi connectivity index (χ3n) is 7.18. The van der Waals surface area contributed by atoms with E-state index in [1.807, 2.05) is 12.1 Å². The number of benzene rings is 1. The second-order valence-electron chi connectivity index (χ2n) is 8.83. The zero-order chi connectivity index (χ0) is 22.7. The number of rotatable bonds is 4. The molecule has 4 heterocycles. The standard InChI is InChI=1S/C24H23ClN4O3S/c1-32-16-4-2-3-14-13(16)6-5-12-11-26-15(19(12)14)9-10-29-23(30)22-21(28-24(29)31)20-17(33-22)7-8-18(25)27-20/h2-4,7-8,12,15,19,26H,5-6,9-11H2,1H3,(H,28,31)/t12-,15?,19+/m0/s1. The van der Waals surface area contributed by atoms with Gasteiger partial charge in [-0.25, -0.2) is 9.78 Å². The van der Waals surface area contributed by atoms with E-state index in [0.717, 1.165) is 29.8 Å². The molecule has 6 rings (SSSR count). The number of nitrogens with one attached hydrogen (secondary N) is 2. The van der Waals surface area contributed by atoms with Gasteiger partial charge in [0, 0.05) is 18.5 Å². The number of H-pyrrole nitrogens is 1. The normalized spacial score (nSPS) is 21.9. The van der Waals surface area contributed by atoms with Crippen molar-refractivity contribution in [2.24, 2.45) is 5.92 Å². The second-order valence-corrected chi connectivity index (χ2v) is 10.3. The molecule has 170 valence electrons. The van der Waals surface area contributed by atoms with Crippen molar-refractivity contribution in [3.05, 3.63) is 67.4 Å². The van der Waals surface area contributed by atoms with Crippen molar-refractivity contribution in [1.82, 2.24) is 19.9 Å². The lowest BCUT2D eigenvalue weighted by Crippen LogP contribution is -2.37. The Balaban J connectivity index is 1.33. The van der Waals surface area contributed by atoms with Gasteiger partial charge in [-0.2, -0.15) is 0 Å². The van der Waals surface area contributed by atoms with E-state index >= 15 is 0 Å². The van der Waals surface area contributed by atoms with Crippen LogP contribution in [0.5, 0.6) is 5.75 Å². The summed E-state index contributed by atoms with van der Waals surface area (Å²) in [6.07, 6.45) is 2.83. The molecule has 1 aromatic carbocycles. The largest absolute Gasteiger partial charge is 0.496 e. The molecule has 2 aliphatic rings. The highest BCUT2D eigenvalue weighted by Gasteiger charge is 2.40. The molecule has 3 aromatic heterocycles. The molecule has 0 saturated carbocycles. The van der Waals surface area contributed by atoms with Gasteiger partial charge < -0.3 is 15.0 Å². The highest BCUT2D eigenvalue weighted by atomic mass is 35.5. The van der Waals surface area contributed by atoms with Gasteiger partial charge in [0.2, 0.25) is 0 Å². The van der Waals surface area contributed by atoms with E-state index in [-0.39, 0.29) is 11.6 Å². The lowest BCUT2D eigenvalue weighted by Gasteiger charge is -2.32. The van der Waals surface area contributed by atoms with Crippen molar-refractivity contribution in [1.29, 1.82) is 0 Å². The Morgan fingerprint density at radius 3 is 3.00 bits per heavy atom. The first kappa shape index (κ1) is 20.9. The average molecular weight is 483 g/mol. The van der Waals surface area contributed by atoms with Gasteiger partial charge in [0.15, 0.2) is 0 Å². The van der Waals surface area contributed by atoms with Crippen LogP contribution in [0, 0.1) is 5.92 Å². The zero-order valence-electron chi connectivity index (χ0n) is 18.1. The number of hydrogen-bond acceptors (Lipinski definition) is 6. The van der Waals surface area contributed by atoms with E-state index in [1.54, 1.807) is 13.2 Å². The topological polar surface area (TPSA) is 89.0 Å². The molecule has 1 aliphatic carbocycles. The van der Waals surface area contributed by atoms with Gasteiger partial charge in [-0.1, -0.05) is 23.7 Å². The first-order valence-corrected chi connectivity index (χ1v) is 12.4. The molecular formula is C24H23ClN4O3S.